The topological polar surface area (TPSA) is 9.23 Å². The van der Waals surface area contributed by atoms with Crippen molar-refractivity contribution in [2.75, 3.05) is 0 Å². The average molecular weight is 392 g/mol. The summed E-state index contributed by atoms with van der Waals surface area (Å²) in [6.07, 6.45) is -4.75. The first-order chi connectivity index (χ1) is 8.09. The number of benzene rings is 1. The van der Waals surface area contributed by atoms with Crippen LogP contribution in [0.2, 0.25) is 0 Å². The zero-order chi connectivity index (χ0) is 14.2. The van der Waals surface area contributed by atoms with E-state index in [0.29, 0.717) is 22.6 Å². The summed E-state index contributed by atoms with van der Waals surface area (Å²) in [6.45, 7) is 0. The summed E-state index contributed by atoms with van der Waals surface area (Å²) in [6, 6.07) is 0. The van der Waals surface area contributed by atoms with Crippen LogP contribution in [0.1, 0.15) is 0 Å². The lowest BCUT2D eigenvalue weighted by Gasteiger charge is -2.19. The standard InChI is InChI=1S/C8HF8IO/c9-1-2(10)4(12)6(5(13)3(1)11)18-8(15,16)7(14)17/h7H. The molecule has 0 aliphatic heterocycles. The van der Waals surface area contributed by atoms with Crippen molar-refractivity contribution in [3.05, 3.63) is 29.1 Å². The Labute approximate surface area is 108 Å². The average Bonchev–Trinajstić information content (AvgIpc) is 2.29. The fourth-order valence-electron chi connectivity index (χ4n) is 0.855. The highest BCUT2D eigenvalue weighted by molar-refractivity contribution is 14.1. The van der Waals surface area contributed by atoms with Crippen molar-refractivity contribution in [1.29, 1.82) is 0 Å². The van der Waals surface area contributed by atoms with Gasteiger partial charge in [0, 0.05) is 0 Å². The van der Waals surface area contributed by atoms with E-state index in [1.165, 1.54) is 0 Å². The Morgan fingerprint density at radius 2 is 1.17 bits per heavy atom. The Bertz CT molecular complexity index is 446. The summed E-state index contributed by atoms with van der Waals surface area (Å²) in [5.74, 6) is -14.9. The van der Waals surface area contributed by atoms with Gasteiger partial charge in [0.25, 0.3) is 4.18 Å². The molecule has 0 aliphatic rings. The Morgan fingerprint density at radius 1 is 0.833 bits per heavy atom. The second-order valence-corrected chi connectivity index (χ2v) is 3.96. The highest BCUT2D eigenvalue weighted by atomic mass is 127. The molecule has 1 nitrogen and oxygen atoms in total. The number of alkyl halides is 4. The lowest BCUT2D eigenvalue weighted by molar-refractivity contribution is -0.195. The third kappa shape index (κ3) is 2.62. The van der Waals surface area contributed by atoms with Crippen LogP contribution in [-0.2, 0) is 0 Å². The number of ether oxygens (including phenoxy) is 1. The first-order valence-electron chi connectivity index (χ1n) is 3.96. The highest BCUT2D eigenvalue weighted by Gasteiger charge is 2.44. The van der Waals surface area contributed by atoms with Crippen LogP contribution in [0, 0.1) is 29.1 Å². The molecule has 0 N–H and O–H groups in total. The van der Waals surface area contributed by atoms with Gasteiger partial charge in [-0.3, -0.25) is 0 Å². The molecular formula is C8HF8IO. The third-order valence-electron chi connectivity index (χ3n) is 1.66. The van der Waals surface area contributed by atoms with Crippen molar-refractivity contribution in [1.82, 2.24) is 0 Å². The van der Waals surface area contributed by atoms with E-state index in [1.54, 1.807) is 0 Å². The Hall–Kier alpha value is -0.810. The van der Waals surface area contributed by atoms with E-state index in [2.05, 4.69) is 4.74 Å². The normalized spacial score (nSPS) is 13.6. The van der Waals surface area contributed by atoms with E-state index in [9.17, 15) is 35.1 Å². The number of hydrogen-bond donors (Lipinski definition) is 0. The van der Waals surface area contributed by atoms with Gasteiger partial charge in [0.2, 0.25) is 34.8 Å². The molecule has 1 rings (SSSR count). The number of halogens is 9. The van der Waals surface area contributed by atoms with Gasteiger partial charge in [-0.2, -0.15) is 17.6 Å². The lowest BCUT2D eigenvalue weighted by atomic mass is 10.2. The fraction of sp³-hybridized carbons (Fsp3) is 0.250. The summed E-state index contributed by atoms with van der Waals surface area (Å²) in [5.41, 5.74) is 0. The van der Waals surface area contributed by atoms with E-state index < -0.39 is 45.1 Å². The van der Waals surface area contributed by atoms with Gasteiger partial charge in [0.1, 0.15) is 0 Å². The van der Waals surface area contributed by atoms with Crippen LogP contribution >= 0.6 is 22.6 Å². The summed E-state index contributed by atoms with van der Waals surface area (Å²) in [7, 11) is 0. The molecule has 0 saturated heterocycles. The molecule has 1 atom stereocenters. The van der Waals surface area contributed by atoms with Crippen LogP contribution in [0.4, 0.5) is 35.1 Å². The van der Waals surface area contributed by atoms with Gasteiger partial charge in [-0.25, -0.2) is 17.6 Å². The molecule has 0 amide bonds. The third-order valence-corrected chi connectivity index (χ3v) is 2.39. The van der Waals surface area contributed by atoms with Crippen molar-refractivity contribution < 1.29 is 39.9 Å². The zero-order valence-corrected chi connectivity index (χ0v) is 10.0. The molecule has 18 heavy (non-hydrogen) atoms. The minimum atomic E-state index is -4.75. The molecule has 102 valence electrons. The predicted octanol–water partition coefficient (Wildman–Crippen LogP) is 4.08. The smallest absolute Gasteiger partial charge is 0.423 e. The molecule has 0 bridgehead atoms. The first kappa shape index (κ1) is 15.2. The Morgan fingerprint density at radius 3 is 1.50 bits per heavy atom. The van der Waals surface area contributed by atoms with Crippen molar-refractivity contribution >= 4 is 22.6 Å². The van der Waals surface area contributed by atoms with Crippen LogP contribution in [0.3, 0.4) is 0 Å². The molecular weight excluding hydrogens is 391 g/mol. The number of rotatable bonds is 3. The van der Waals surface area contributed by atoms with E-state index in [-0.39, 0.29) is 0 Å². The van der Waals surface area contributed by atoms with Crippen molar-refractivity contribution in [2.24, 2.45) is 0 Å². The SMILES string of the molecule is Fc1c(F)c(F)c(OC(F)(F)C(F)I)c(F)c1F. The summed E-state index contributed by atoms with van der Waals surface area (Å²) in [4.78, 5) is 0. The molecule has 0 spiro atoms. The maximum absolute atomic E-state index is 12.9. The quantitative estimate of drug-likeness (QED) is 0.248. The second-order valence-electron chi connectivity index (χ2n) is 2.86. The summed E-state index contributed by atoms with van der Waals surface area (Å²) in [5, 5.41) is 0. The zero-order valence-electron chi connectivity index (χ0n) is 7.89. The van der Waals surface area contributed by atoms with Gasteiger partial charge in [-0.1, -0.05) is 0 Å². The minimum absolute atomic E-state index is 0.511. The van der Waals surface area contributed by atoms with E-state index in [0.717, 1.165) is 0 Å². The maximum Gasteiger partial charge on any atom is 0.439 e. The Kier molecular flexibility index (Phi) is 4.28. The van der Waals surface area contributed by atoms with E-state index >= 15 is 0 Å². The van der Waals surface area contributed by atoms with Crippen LogP contribution in [0.25, 0.3) is 0 Å². The fourth-order valence-corrected chi connectivity index (χ4v) is 0.982. The largest absolute Gasteiger partial charge is 0.439 e. The van der Waals surface area contributed by atoms with Crippen molar-refractivity contribution in [3.63, 3.8) is 0 Å². The molecule has 0 aliphatic carbocycles. The lowest BCUT2D eigenvalue weighted by Crippen LogP contribution is -2.33. The molecule has 0 saturated carbocycles. The van der Waals surface area contributed by atoms with Gasteiger partial charge >= 0.3 is 6.11 Å². The van der Waals surface area contributed by atoms with Gasteiger partial charge in [-0.15, -0.1) is 0 Å². The predicted molar refractivity (Wildman–Crippen MR) is 50.7 cm³/mol. The maximum atomic E-state index is 12.9. The molecule has 0 radical (unpaired) electrons. The second kappa shape index (κ2) is 5.05. The monoisotopic (exact) mass is 392 g/mol. The van der Waals surface area contributed by atoms with Crippen LogP contribution < -0.4 is 4.74 Å². The van der Waals surface area contributed by atoms with Crippen molar-refractivity contribution in [3.8, 4) is 5.75 Å². The molecule has 0 aromatic heterocycles. The van der Waals surface area contributed by atoms with Crippen LogP contribution in [-0.4, -0.2) is 10.3 Å². The Balaban J connectivity index is 3.35. The van der Waals surface area contributed by atoms with Crippen LogP contribution in [0.5, 0.6) is 5.75 Å². The molecule has 10 heteroatoms. The van der Waals surface area contributed by atoms with Gasteiger partial charge in [0.15, 0.2) is 0 Å². The highest BCUT2D eigenvalue weighted by Crippen LogP contribution is 2.35. The summed E-state index contributed by atoms with van der Waals surface area (Å²) >= 11 is 0.511. The van der Waals surface area contributed by atoms with Gasteiger partial charge in [-0.05, 0) is 22.6 Å². The molecule has 1 aromatic carbocycles. The molecule has 1 unspecified atom stereocenters. The molecule has 1 aromatic rings. The van der Waals surface area contributed by atoms with E-state index in [1.807, 2.05) is 0 Å². The number of hydrogen-bond acceptors (Lipinski definition) is 1. The minimum Gasteiger partial charge on any atom is -0.423 e. The van der Waals surface area contributed by atoms with Gasteiger partial charge < -0.3 is 4.74 Å². The van der Waals surface area contributed by atoms with Gasteiger partial charge in [0.05, 0.1) is 0 Å². The van der Waals surface area contributed by atoms with Crippen LogP contribution in [0.15, 0.2) is 0 Å². The van der Waals surface area contributed by atoms with E-state index in [4.69, 9.17) is 0 Å². The molecule has 0 heterocycles. The van der Waals surface area contributed by atoms with Crippen molar-refractivity contribution in [2.45, 2.75) is 10.3 Å². The summed E-state index contributed by atoms with van der Waals surface area (Å²) < 4.78 is 101. The first-order valence-corrected chi connectivity index (χ1v) is 5.20. The molecule has 0 fully saturated rings.